The molecular weight excluding hydrogens is 454 g/mol. The normalized spacial score (nSPS) is 13.8. The molecule has 3 heterocycles. The molecule has 4 N–H and O–H groups in total. The van der Waals surface area contributed by atoms with Gasteiger partial charge in [0.2, 0.25) is 0 Å². The fourth-order valence-electron chi connectivity index (χ4n) is 4.04. The van der Waals surface area contributed by atoms with Crippen molar-refractivity contribution in [1.29, 1.82) is 5.41 Å². The van der Waals surface area contributed by atoms with Crippen LogP contribution < -0.4 is 20.7 Å². The van der Waals surface area contributed by atoms with E-state index in [2.05, 4.69) is 15.2 Å². The van der Waals surface area contributed by atoms with Gasteiger partial charge in [0.25, 0.3) is 0 Å². The van der Waals surface area contributed by atoms with Gasteiger partial charge in [-0.25, -0.2) is 9.97 Å². The van der Waals surface area contributed by atoms with Gasteiger partial charge >= 0.3 is 0 Å². The number of benzene rings is 2. The Morgan fingerprint density at radius 1 is 1.21 bits per heavy atom. The van der Waals surface area contributed by atoms with Crippen LogP contribution in [0, 0.1) is 5.41 Å². The number of nitrogens with two attached hydrogens (primary N) is 1. The highest BCUT2D eigenvalue weighted by Gasteiger charge is 2.18. The van der Waals surface area contributed by atoms with Gasteiger partial charge in [-0.15, -0.1) is 0 Å². The van der Waals surface area contributed by atoms with Gasteiger partial charge in [-0.2, -0.15) is 0 Å². The van der Waals surface area contributed by atoms with Gasteiger partial charge in [0, 0.05) is 60.3 Å². The maximum absolute atomic E-state index is 7.47. The average molecular weight is 478 g/mol. The number of hydrogen-bond donors (Lipinski definition) is 3. The number of halogens is 1. The summed E-state index contributed by atoms with van der Waals surface area (Å²) >= 11 is 6.68. The lowest BCUT2D eigenvalue weighted by atomic mass is 10.1. The SMILES string of the molecule is COc1cc(Nc2nc(-c3ccc(C=N)c(N)c3)c(Cl)n3ccnc23)ccc1N1CCOCC1. The van der Waals surface area contributed by atoms with Crippen LogP contribution in [0.4, 0.5) is 22.9 Å². The van der Waals surface area contributed by atoms with Crippen LogP contribution >= 0.6 is 11.6 Å². The molecule has 10 heteroatoms. The first-order chi connectivity index (χ1) is 16.6. The van der Waals surface area contributed by atoms with Gasteiger partial charge in [0.05, 0.1) is 26.0 Å². The summed E-state index contributed by atoms with van der Waals surface area (Å²) in [6, 6.07) is 11.3. The number of imidazole rings is 1. The molecule has 0 bridgehead atoms. The summed E-state index contributed by atoms with van der Waals surface area (Å²) in [6.07, 6.45) is 4.67. The molecule has 1 aliphatic rings. The number of morpholine rings is 1. The molecule has 174 valence electrons. The second kappa shape index (κ2) is 9.20. The third kappa shape index (κ3) is 4.00. The number of hydrogen-bond acceptors (Lipinski definition) is 8. The molecule has 2 aromatic heterocycles. The van der Waals surface area contributed by atoms with Crippen LogP contribution in [0.25, 0.3) is 16.9 Å². The fraction of sp³-hybridized carbons (Fsp3) is 0.208. The first kappa shape index (κ1) is 22.0. The highest BCUT2D eigenvalue weighted by atomic mass is 35.5. The molecule has 0 atom stereocenters. The van der Waals surface area contributed by atoms with Crippen molar-refractivity contribution in [1.82, 2.24) is 14.4 Å². The molecule has 0 amide bonds. The maximum Gasteiger partial charge on any atom is 0.181 e. The predicted molar refractivity (Wildman–Crippen MR) is 135 cm³/mol. The van der Waals surface area contributed by atoms with Crippen LogP contribution in [-0.4, -0.2) is 54.0 Å². The van der Waals surface area contributed by atoms with E-state index in [1.807, 2.05) is 24.3 Å². The minimum atomic E-state index is 0.417. The molecule has 0 saturated carbocycles. The van der Waals surface area contributed by atoms with Crippen molar-refractivity contribution in [2.45, 2.75) is 0 Å². The van der Waals surface area contributed by atoms with E-state index in [9.17, 15) is 0 Å². The van der Waals surface area contributed by atoms with Crippen LogP contribution in [0.3, 0.4) is 0 Å². The Labute approximate surface area is 201 Å². The largest absolute Gasteiger partial charge is 0.495 e. The lowest BCUT2D eigenvalue weighted by Crippen LogP contribution is -2.36. The Balaban J connectivity index is 1.54. The number of fused-ring (bicyclic) bond motifs is 1. The Hall–Kier alpha value is -3.82. The van der Waals surface area contributed by atoms with E-state index in [1.54, 1.807) is 36.0 Å². The summed E-state index contributed by atoms with van der Waals surface area (Å²) in [5.74, 6) is 1.30. The molecule has 1 saturated heterocycles. The summed E-state index contributed by atoms with van der Waals surface area (Å²) in [7, 11) is 1.66. The Morgan fingerprint density at radius 3 is 2.76 bits per heavy atom. The van der Waals surface area contributed by atoms with Gasteiger partial charge in [-0.3, -0.25) is 4.40 Å². The Bertz CT molecular complexity index is 1370. The molecule has 1 aliphatic heterocycles. The van der Waals surface area contributed by atoms with Gasteiger partial charge in [0.15, 0.2) is 11.5 Å². The average Bonchev–Trinajstić information content (AvgIpc) is 3.37. The monoisotopic (exact) mass is 477 g/mol. The van der Waals surface area contributed by atoms with Crippen LogP contribution in [-0.2, 0) is 4.74 Å². The van der Waals surface area contributed by atoms with E-state index < -0.39 is 0 Å². The summed E-state index contributed by atoms with van der Waals surface area (Å²) in [6.45, 7) is 3.04. The van der Waals surface area contributed by atoms with Crippen LogP contribution in [0.15, 0.2) is 48.8 Å². The van der Waals surface area contributed by atoms with Crippen LogP contribution in [0.5, 0.6) is 5.75 Å². The quantitative estimate of drug-likeness (QED) is 0.281. The van der Waals surface area contributed by atoms with Crippen molar-refractivity contribution in [3.05, 3.63) is 59.5 Å². The molecule has 0 aliphatic carbocycles. The first-order valence-corrected chi connectivity index (χ1v) is 11.2. The van der Waals surface area contributed by atoms with Gasteiger partial charge in [0.1, 0.15) is 16.6 Å². The summed E-state index contributed by atoms with van der Waals surface area (Å²) < 4.78 is 12.9. The van der Waals surface area contributed by atoms with E-state index in [4.69, 9.17) is 37.2 Å². The number of methoxy groups -OCH3 is 1. The highest BCUT2D eigenvalue weighted by molar-refractivity contribution is 6.32. The molecule has 34 heavy (non-hydrogen) atoms. The number of nitrogen functional groups attached to an aromatic ring is 1. The van der Waals surface area contributed by atoms with Crippen molar-refractivity contribution < 1.29 is 9.47 Å². The van der Waals surface area contributed by atoms with E-state index in [-0.39, 0.29) is 0 Å². The number of nitrogens with one attached hydrogen (secondary N) is 2. The zero-order valence-corrected chi connectivity index (χ0v) is 19.3. The maximum atomic E-state index is 7.47. The van der Waals surface area contributed by atoms with E-state index in [0.29, 0.717) is 46.8 Å². The molecule has 2 aromatic carbocycles. The first-order valence-electron chi connectivity index (χ1n) is 10.8. The molecule has 0 spiro atoms. The zero-order chi connectivity index (χ0) is 23.7. The molecule has 4 aromatic rings. The van der Waals surface area contributed by atoms with E-state index >= 15 is 0 Å². The van der Waals surface area contributed by atoms with Gasteiger partial charge < -0.3 is 30.8 Å². The van der Waals surface area contributed by atoms with Crippen molar-refractivity contribution in [3.63, 3.8) is 0 Å². The van der Waals surface area contributed by atoms with Crippen molar-refractivity contribution in [3.8, 4) is 17.0 Å². The second-order valence-corrected chi connectivity index (χ2v) is 8.18. The minimum Gasteiger partial charge on any atom is -0.495 e. The smallest absolute Gasteiger partial charge is 0.181 e. The van der Waals surface area contributed by atoms with Gasteiger partial charge in [-0.1, -0.05) is 23.7 Å². The van der Waals surface area contributed by atoms with Crippen LogP contribution in [0.1, 0.15) is 5.56 Å². The number of ether oxygens (including phenoxy) is 2. The molecular formula is C24H24ClN7O2. The number of anilines is 4. The lowest BCUT2D eigenvalue weighted by Gasteiger charge is -2.30. The van der Waals surface area contributed by atoms with Crippen molar-refractivity contribution in [2.75, 3.05) is 49.4 Å². The molecule has 9 nitrogen and oxygen atoms in total. The minimum absolute atomic E-state index is 0.417. The summed E-state index contributed by atoms with van der Waals surface area (Å²) in [5.41, 5.74) is 10.9. The van der Waals surface area contributed by atoms with Crippen molar-refractivity contribution >= 4 is 46.3 Å². The van der Waals surface area contributed by atoms with Gasteiger partial charge in [-0.05, 0) is 18.2 Å². The summed E-state index contributed by atoms with van der Waals surface area (Å²) in [4.78, 5) is 11.5. The van der Waals surface area contributed by atoms with Crippen molar-refractivity contribution in [2.24, 2.45) is 0 Å². The Morgan fingerprint density at radius 2 is 2.03 bits per heavy atom. The topological polar surface area (TPSA) is 114 Å². The number of aromatic nitrogens is 3. The third-order valence-electron chi connectivity index (χ3n) is 5.79. The standard InChI is InChI=1S/C24H24ClN7O2/c1-33-20-13-17(4-5-19(20)31-8-10-34-11-9-31)29-23-24-28-6-7-32(24)22(25)21(30-23)15-2-3-16(14-26)18(27)12-15/h2-7,12-14,26H,8-11,27H2,1H3,(H,29,30). The fourth-order valence-corrected chi connectivity index (χ4v) is 4.33. The number of nitrogens with zero attached hydrogens (tertiary/aromatic N) is 4. The molecule has 0 unspecified atom stereocenters. The number of rotatable bonds is 6. The second-order valence-electron chi connectivity index (χ2n) is 7.82. The predicted octanol–water partition coefficient (Wildman–Crippen LogP) is 4.22. The van der Waals surface area contributed by atoms with Crippen LogP contribution in [0.2, 0.25) is 5.15 Å². The van der Waals surface area contributed by atoms with E-state index in [0.717, 1.165) is 35.8 Å². The molecule has 0 radical (unpaired) electrons. The Kier molecular flexibility index (Phi) is 5.95. The summed E-state index contributed by atoms with van der Waals surface area (Å²) in [5, 5.41) is 11.3. The lowest BCUT2D eigenvalue weighted by molar-refractivity contribution is 0.122. The van der Waals surface area contributed by atoms with E-state index in [1.165, 1.54) is 6.21 Å². The molecule has 1 fully saturated rings. The molecule has 5 rings (SSSR count). The third-order valence-corrected chi connectivity index (χ3v) is 6.15. The highest BCUT2D eigenvalue weighted by Crippen LogP contribution is 2.35. The zero-order valence-electron chi connectivity index (χ0n) is 18.6.